The molecular formula is C22H31FN4O. The lowest BCUT2D eigenvalue weighted by Crippen LogP contribution is -2.56. The number of carbonyl (C=O) groups is 1. The van der Waals surface area contributed by atoms with E-state index in [9.17, 15) is 9.18 Å². The number of piperidine rings is 1. The number of aliphatic imine (C=N–C) groups is 1. The Labute approximate surface area is 166 Å². The number of halogens is 1. The van der Waals surface area contributed by atoms with E-state index in [1.54, 1.807) is 17.0 Å². The molecule has 1 saturated heterocycles. The zero-order valence-corrected chi connectivity index (χ0v) is 17.0. The molecular weight excluding hydrogens is 355 g/mol. The maximum absolute atomic E-state index is 13.5. The molecule has 1 aromatic carbocycles. The standard InChI is InChI=1S/C22H31FN4O/c1-4-27-21(26-17-8-6-5-7-9-17)18(14(2)25-3)19(20(24)22(27)28)15-10-12-16(23)13-11-15/h10-13,17,19-20,25H,4-9,24H2,1-3H3/t19-,20-/m0/s1. The van der Waals surface area contributed by atoms with Crippen molar-refractivity contribution in [3.8, 4) is 0 Å². The number of nitrogens with zero attached hydrogens (tertiary/aromatic N) is 2. The first-order valence-electron chi connectivity index (χ1n) is 10.3. The van der Waals surface area contributed by atoms with E-state index in [1.807, 2.05) is 20.9 Å². The first-order valence-corrected chi connectivity index (χ1v) is 10.3. The highest BCUT2D eigenvalue weighted by atomic mass is 19.1. The van der Waals surface area contributed by atoms with Crippen LogP contribution in [0.3, 0.4) is 0 Å². The fraction of sp³-hybridized carbons (Fsp3) is 0.545. The number of hydrogen-bond acceptors (Lipinski definition) is 4. The second kappa shape index (κ2) is 8.86. The Bertz CT molecular complexity index is 765. The minimum Gasteiger partial charge on any atom is -0.391 e. The Hall–Kier alpha value is -2.21. The molecule has 1 aliphatic heterocycles. The number of rotatable bonds is 4. The lowest BCUT2D eigenvalue weighted by molar-refractivity contribution is -0.129. The van der Waals surface area contributed by atoms with Crippen molar-refractivity contribution in [1.29, 1.82) is 0 Å². The normalized spacial score (nSPS) is 27.2. The molecule has 1 aliphatic carbocycles. The first kappa shape index (κ1) is 20.5. The zero-order valence-electron chi connectivity index (χ0n) is 17.0. The average Bonchev–Trinajstić information content (AvgIpc) is 2.71. The van der Waals surface area contributed by atoms with Crippen molar-refractivity contribution >= 4 is 11.7 Å². The van der Waals surface area contributed by atoms with E-state index in [2.05, 4.69) is 5.32 Å². The van der Waals surface area contributed by atoms with Gasteiger partial charge >= 0.3 is 0 Å². The summed E-state index contributed by atoms with van der Waals surface area (Å²) in [5.41, 5.74) is 9.14. The molecule has 152 valence electrons. The van der Waals surface area contributed by atoms with E-state index in [0.29, 0.717) is 6.54 Å². The van der Waals surface area contributed by atoms with Crippen LogP contribution in [0.15, 0.2) is 40.5 Å². The summed E-state index contributed by atoms with van der Waals surface area (Å²) in [4.78, 5) is 19.9. The Morgan fingerprint density at radius 3 is 2.46 bits per heavy atom. The van der Waals surface area contributed by atoms with Gasteiger partial charge in [-0.25, -0.2) is 4.39 Å². The van der Waals surface area contributed by atoms with Crippen LogP contribution >= 0.6 is 0 Å². The lowest BCUT2D eigenvalue weighted by Gasteiger charge is -2.40. The maximum Gasteiger partial charge on any atom is 0.246 e. The quantitative estimate of drug-likeness (QED) is 0.834. The first-order chi connectivity index (χ1) is 13.5. The smallest absolute Gasteiger partial charge is 0.246 e. The summed E-state index contributed by atoms with van der Waals surface area (Å²) in [6.45, 7) is 4.46. The van der Waals surface area contributed by atoms with Gasteiger partial charge in [0.05, 0.1) is 12.1 Å². The summed E-state index contributed by atoms with van der Waals surface area (Å²) in [6, 6.07) is 5.78. The molecule has 28 heavy (non-hydrogen) atoms. The van der Waals surface area contributed by atoms with Crippen LogP contribution in [0.25, 0.3) is 0 Å². The summed E-state index contributed by atoms with van der Waals surface area (Å²) in [5.74, 6) is -0.0615. The summed E-state index contributed by atoms with van der Waals surface area (Å²) >= 11 is 0. The van der Waals surface area contributed by atoms with E-state index in [-0.39, 0.29) is 23.7 Å². The van der Waals surface area contributed by atoms with Crippen LogP contribution in [0.4, 0.5) is 4.39 Å². The largest absolute Gasteiger partial charge is 0.391 e. The van der Waals surface area contributed by atoms with Crippen molar-refractivity contribution in [2.75, 3.05) is 13.6 Å². The predicted molar refractivity (Wildman–Crippen MR) is 111 cm³/mol. The Balaban J connectivity index is 2.14. The molecule has 2 fully saturated rings. The van der Waals surface area contributed by atoms with Crippen LogP contribution in [0.5, 0.6) is 0 Å². The molecule has 5 nitrogen and oxygen atoms in total. The second-order valence-electron chi connectivity index (χ2n) is 7.67. The van der Waals surface area contributed by atoms with Gasteiger partial charge in [0, 0.05) is 30.8 Å². The molecule has 6 heteroatoms. The molecule has 3 N–H and O–H groups in total. The SMILES string of the molecule is CCN1C(=O)[C@@H](N)[C@@H](c2ccc(F)cc2)C(=C(C)NC)C1=NC1CCCCC1. The monoisotopic (exact) mass is 386 g/mol. The molecule has 3 rings (SSSR count). The number of benzene rings is 1. The van der Waals surface area contributed by atoms with E-state index in [1.165, 1.54) is 31.4 Å². The van der Waals surface area contributed by atoms with Crippen molar-refractivity contribution in [2.24, 2.45) is 10.7 Å². The summed E-state index contributed by atoms with van der Waals surface area (Å²) < 4.78 is 13.5. The molecule has 1 heterocycles. The van der Waals surface area contributed by atoms with E-state index in [4.69, 9.17) is 10.7 Å². The summed E-state index contributed by atoms with van der Waals surface area (Å²) in [7, 11) is 1.86. The predicted octanol–water partition coefficient (Wildman–Crippen LogP) is 3.32. The summed E-state index contributed by atoms with van der Waals surface area (Å²) in [5, 5.41) is 3.22. The maximum atomic E-state index is 13.5. The van der Waals surface area contributed by atoms with Crippen molar-refractivity contribution in [2.45, 2.75) is 64.0 Å². The van der Waals surface area contributed by atoms with Gasteiger partial charge in [0.15, 0.2) is 0 Å². The van der Waals surface area contributed by atoms with Crippen molar-refractivity contribution in [3.05, 3.63) is 46.9 Å². The fourth-order valence-corrected chi connectivity index (χ4v) is 4.30. The molecule has 2 aliphatic rings. The zero-order chi connectivity index (χ0) is 20.3. The van der Waals surface area contributed by atoms with E-state index >= 15 is 0 Å². The number of allylic oxidation sites excluding steroid dienone is 1. The van der Waals surface area contributed by atoms with Gasteiger partial charge in [-0.2, -0.15) is 0 Å². The average molecular weight is 387 g/mol. The third-order valence-corrected chi connectivity index (χ3v) is 5.92. The molecule has 1 amide bonds. The molecule has 1 aromatic rings. The lowest BCUT2D eigenvalue weighted by atomic mass is 9.79. The summed E-state index contributed by atoms with van der Waals surface area (Å²) in [6.07, 6.45) is 5.70. The van der Waals surface area contributed by atoms with Gasteiger partial charge < -0.3 is 11.1 Å². The Morgan fingerprint density at radius 2 is 1.89 bits per heavy atom. The number of amidine groups is 1. The Morgan fingerprint density at radius 1 is 1.25 bits per heavy atom. The van der Waals surface area contributed by atoms with Crippen LogP contribution in [0.1, 0.15) is 57.4 Å². The third kappa shape index (κ3) is 3.97. The molecule has 0 bridgehead atoms. The highest BCUT2D eigenvalue weighted by molar-refractivity contribution is 6.14. The number of carbonyl (C=O) groups excluding carboxylic acids is 1. The van der Waals surface area contributed by atoms with Gasteiger partial charge in [-0.15, -0.1) is 0 Å². The van der Waals surface area contributed by atoms with Gasteiger partial charge in [0.25, 0.3) is 0 Å². The van der Waals surface area contributed by atoms with Gasteiger partial charge in [-0.1, -0.05) is 31.4 Å². The highest BCUT2D eigenvalue weighted by Crippen LogP contribution is 2.36. The van der Waals surface area contributed by atoms with Crippen molar-refractivity contribution < 1.29 is 9.18 Å². The molecule has 2 atom stereocenters. The number of amides is 1. The molecule has 0 aromatic heterocycles. The fourth-order valence-electron chi connectivity index (χ4n) is 4.30. The van der Waals surface area contributed by atoms with E-state index in [0.717, 1.165) is 35.5 Å². The number of nitrogens with one attached hydrogen (secondary N) is 1. The number of likely N-dealkylation sites (N-methyl/N-ethyl adjacent to an activating group) is 1. The van der Waals surface area contributed by atoms with Crippen LogP contribution in [-0.4, -0.2) is 42.3 Å². The number of hydrogen-bond donors (Lipinski definition) is 2. The molecule has 0 spiro atoms. The van der Waals surface area contributed by atoms with E-state index < -0.39 is 6.04 Å². The van der Waals surface area contributed by atoms with Crippen LogP contribution in [0, 0.1) is 5.82 Å². The minimum absolute atomic E-state index is 0.126. The molecule has 0 unspecified atom stereocenters. The molecule has 0 radical (unpaired) electrons. The van der Waals surface area contributed by atoms with Gasteiger partial charge in [0.1, 0.15) is 11.7 Å². The van der Waals surface area contributed by atoms with Gasteiger partial charge in [0.2, 0.25) is 5.91 Å². The number of likely N-dealkylation sites (tertiary alicyclic amines) is 1. The van der Waals surface area contributed by atoms with Gasteiger partial charge in [-0.05, 0) is 44.4 Å². The van der Waals surface area contributed by atoms with Crippen LogP contribution in [-0.2, 0) is 4.79 Å². The van der Waals surface area contributed by atoms with Crippen molar-refractivity contribution in [3.63, 3.8) is 0 Å². The topological polar surface area (TPSA) is 70.7 Å². The van der Waals surface area contributed by atoms with Crippen molar-refractivity contribution in [1.82, 2.24) is 10.2 Å². The number of nitrogens with two attached hydrogens (primary N) is 1. The van der Waals surface area contributed by atoms with Crippen LogP contribution < -0.4 is 11.1 Å². The second-order valence-corrected chi connectivity index (χ2v) is 7.67. The van der Waals surface area contributed by atoms with Crippen LogP contribution in [0.2, 0.25) is 0 Å². The molecule has 1 saturated carbocycles. The minimum atomic E-state index is -0.728. The van der Waals surface area contributed by atoms with Gasteiger partial charge in [-0.3, -0.25) is 14.7 Å². The highest BCUT2D eigenvalue weighted by Gasteiger charge is 2.43. The Kier molecular flexibility index (Phi) is 6.50. The third-order valence-electron chi connectivity index (χ3n) is 5.92.